The lowest BCUT2D eigenvalue weighted by molar-refractivity contribution is -0.149. The van der Waals surface area contributed by atoms with E-state index in [9.17, 15) is 9.90 Å². The van der Waals surface area contributed by atoms with Crippen molar-refractivity contribution in [3.8, 4) is 16.9 Å². The summed E-state index contributed by atoms with van der Waals surface area (Å²) in [6, 6.07) is 22.5. The second-order valence-electron chi connectivity index (χ2n) is 8.07. The second-order valence-corrected chi connectivity index (χ2v) is 8.07. The van der Waals surface area contributed by atoms with Gasteiger partial charge in [0.1, 0.15) is 12.4 Å². The van der Waals surface area contributed by atoms with Gasteiger partial charge in [-0.1, -0.05) is 72.3 Å². The molecule has 1 aliphatic carbocycles. The van der Waals surface area contributed by atoms with Crippen LogP contribution >= 0.6 is 0 Å². The van der Waals surface area contributed by atoms with E-state index >= 15 is 0 Å². The summed E-state index contributed by atoms with van der Waals surface area (Å²) < 4.78 is 11.3. The van der Waals surface area contributed by atoms with Gasteiger partial charge in [0.05, 0.1) is 0 Å². The number of carbonyl (C=O) groups is 1. The lowest BCUT2D eigenvalue weighted by Gasteiger charge is -2.13. The number of carboxylic acids is 1. The second kappa shape index (κ2) is 10.3. The molecule has 0 saturated carbocycles. The van der Waals surface area contributed by atoms with Gasteiger partial charge >= 0.3 is 5.97 Å². The van der Waals surface area contributed by atoms with E-state index in [1.165, 1.54) is 27.8 Å². The molecule has 0 fully saturated rings. The van der Waals surface area contributed by atoms with E-state index in [0.717, 1.165) is 16.9 Å². The summed E-state index contributed by atoms with van der Waals surface area (Å²) in [4.78, 5) is 11.3. The maximum Gasteiger partial charge on any atom is 0.333 e. The summed E-state index contributed by atoms with van der Waals surface area (Å²) in [5.74, 6) is -0.207. The number of carboxylic acid groups (broad SMARTS) is 1. The Labute approximate surface area is 194 Å². The Bertz CT molecular complexity index is 1190. The normalized spacial score (nSPS) is 14.3. The summed E-state index contributed by atoms with van der Waals surface area (Å²) >= 11 is 0. The number of allylic oxidation sites excluding steroid dienone is 2. The zero-order valence-electron chi connectivity index (χ0n) is 19.0. The van der Waals surface area contributed by atoms with Crippen LogP contribution < -0.4 is 4.74 Å². The van der Waals surface area contributed by atoms with Crippen LogP contribution in [-0.2, 0) is 16.0 Å². The minimum Gasteiger partial charge on any atom is -0.490 e. The quantitative estimate of drug-likeness (QED) is 0.454. The SMILES string of the molecule is CCOC(Cc1ccc(OCC=C2C=Cc3ccc(C)cc3-c3ccccc32)cc1)C(=O)O. The zero-order valence-corrected chi connectivity index (χ0v) is 19.0. The Morgan fingerprint density at radius 2 is 1.73 bits per heavy atom. The van der Waals surface area contributed by atoms with Crippen LogP contribution in [0.1, 0.15) is 29.2 Å². The van der Waals surface area contributed by atoms with Gasteiger partial charge in [-0.2, -0.15) is 0 Å². The van der Waals surface area contributed by atoms with E-state index in [-0.39, 0.29) is 0 Å². The molecule has 3 aromatic carbocycles. The average molecular weight is 441 g/mol. The zero-order chi connectivity index (χ0) is 23.2. The fourth-order valence-corrected chi connectivity index (χ4v) is 4.05. The summed E-state index contributed by atoms with van der Waals surface area (Å²) in [6.07, 6.45) is 5.90. The molecule has 0 amide bonds. The Morgan fingerprint density at radius 1 is 0.970 bits per heavy atom. The number of hydrogen-bond acceptors (Lipinski definition) is 3. The summed E-state index contributed by atoms with van der Waals surface area (Å²) in [6.45, 7) is 4.71. The largest absolute Gasteiger partial charge is 0.490 e. The number of aliphatic carboxylic acids is 1. The van der Waals surface area contributed by atoms with Crippen molar-refractivity contribution in [2.45, 2.75) is 26.4 Å². The van der Waals surface area contributed by atoms with Gasteiger partial charge in [0.25, 0.3) is 0 Å². The third kappa shape index (κ3) is 5.41. The van der Waals surface area contributed by atoms with Gasteiger partial charge in [-0.25, -0.2) is 4.79 Å². The Kier molecular flexibility index (Phi) is 7.06. The molecule has 3 aromatic rings. The van der Waals surface area contributed by atoms with Crippen LogP contribution in [-0.4, -0.2) is 30.4 Å². The third-order valence-electron chi connectivity index (χ3n) is 5.72. The summed E-state index contributed by atoms with van der Waals surface area (Å²) in [5.41, 5.74) is 8.12. The molecule has 0 aliphatic heterocycles. The lowest BCUT2D eigenvalue weighted by Crippen LogP contribution is -2.26. The first-order valence-corrected chi connectivity index (χ1v) is 11.2. The minimum absolute atomic E-state index is 0.328. The van der Waals surface area contributed by atoms with Gasteiger partial charge < -0.3 is 14.6 Å². The van der Waals surface area contributed by atoms with Crippen LogP contribution in [0, 0.1) is 6.92 Å². The molecular formula is C29H28O4. The van der Waals surface area contributed by atoms with Crippen molar-refractivity contribution >= 4 is 17.6 Å². The highest BCUT2D eigenvalue weighted by Crippen LogP contribution is 2.36. The number of fused-ring (bicyclic) bond motifs is 3. The predicted octanol–water partition coefficient (Wildman–Crippen LogP) is 6.18. The molecule has 1 N–H and O–H groups in total. The average Bonchev–Trinajstić information content (AvgIpc) is 2.97. The van der Waals surface area contributed by atoms with Crippen molar-refractivity contribution in [2.24, 2.45) is 0 Å². The van der Waals surface area contributed by atoms with Gasteiger partial charge in [-0.3, -0.25) is 0 Å². The topological polar surface area (TPSA) is 55.8 Å². The van der Waals surface area contributed by atoms with Crippen LogP contribution in [0.5, 0.6) is 5.75 Å². The van der Waals surface area contributed by atoms with Crippen LogP contribution in [0.25, 0.3) is 22.8 Å². The first kappa shape index (κ1) is 22.6. The highest BCUT2D eigenvalue weighted by Gasteiger charge is 2.18. The van der Waals surface area contributed by atoms with Crippen molar-refractivity contribution < 1.29 is 19.4 Å². The Hall–Kier alpha value is -3.63. The first-order chi connectivity index (χ1) is 16.0. The number of benzene rings is 3. The van der Waals surface area contributed by atoms with E-state index in [0.29, 0.717) is 19.6 Å². The van der Waals surface area contributed by atoms with Crippen LogP contribution in [0.3, 0.4) is 0 Å². The van der Waals surface area contributed by atoms with Gasteiger partial charge in [0, 0.05) is 13.0 Å². The summed E-state index contributed by atoms with van der Waals surface area (Å²) in [7, 11) is 0. The fourth-order valence-electron chi connectivity index (χ4n) is 4.05. The maximum absolute atomic E-state index is 11.3. The molecule has 4 heteroatoms. The molecular weight excluding hydrogens is 412 g/mol. The number of ether oxygens (including phenoxy) is 2. The van der Waals surface area contributed by atoms with Crippen LogP contribution in [0.15, 0.2) is 78.9 Å². The minimum atomic E-state index is -0.946. The summed E-state index contributed by atoms with van der Waals surface area (Å²) in [5, 5.41) is 9.26. The molecule has 4 rings (SSSR count). The van der Waals surface area contributed by atoms with Crippen molar-refractivity contribution in [2.75, 3.05) is 13.2 Å². The standard InChI is InChI=1S/C29H28O4/c1-3-32-28(29(30)31)19-21-9-14-24(15-10-21)33-17-16-23-13-12-22-11-8-20(2)18-27(22)26-7-5-4-6-25(23)26/h4-16,18,28H,3,17,19H2,1-2H3,(H,30,31). The number of aryl methyl sites for hydroxylation is 1. The van der Waals surface area contributed by atoms with Crippen molar-refractivity contribution in [1.29, 1.82) is 0 Å². The molecule has 33 heavy (non-hydrogen) atoms. The third-order valence-corrected chi connectivity index (χ3v) is 5.72. The number of rotatable bonds is 8. The van der Waals surface area contributed by atoms with Gasteiger partial charge in [0.15, 0.2) is 6.10 Å². The molecule has 0 saturated heterocycles. The van der Waals surface area contributed by atoms with Gasteiger partial charge in [0.2, 0.25) is 0 Å². The molecule has 0 radical (unpaired) electrons. The lowest BCUT2D eigenvalue weighted by atomic mass is 9.93. The highest BCUT2D eigenvalue weighted by atomic mass is 16.5. The van der Waals surface area contributed by atoms with Gasteiger partial charge in [-0.05, 0) is 65.4 Å². The van der Waals surface area contributed by atoms with Crippen molar-refractivity contribution in [1.82, 2.24) is 0 Å². The van der Waals surface area contributed by atoms with E-state index in [4.69, 9.17) is 9.47 Å². The molecule has 0 heterocycles. The molecule has 168 valence electrons. The highest BCUT2D eigenvalue weighted by molar-refractivity contribution is 5.94. The molecule has 1 aliphatic rings. The van der Waals surface area contributed by atoms with E-state index in [1.54, 1.807) is 6.92 Å². The van der Waals surface area contributed by atoms with Crippen LogP contribution in [0.2, 0.25) is 0 Å². The van der Waals surface area contributed by atoms with E-state index in [1.807, 2.05) is 24.3 Å². The molecule has 0 spiro atoms. The van der Waals surface area contributed by atoms with Gasteiger partial charge in [-0.15, -0.1) is 0 Å². The molecule has 0 bridgehead atoms. The smallest absolute Gasteiger partial charge is 0.333 e. The van der Waals surface area contributed by atoms with Crippen molar-refractivity contribution in [3.63, 3.8) is 0 Å². The molecule has 1 unspecified atom stereocenters. The van der Waals surface area contributed by atoms with E-state index in [2.05, 4.69) is 67.6 Å². The number of hydrogen-bond donors (Lipinski definition) is 1. The van der Waals surface area contributed by atoms with Crippen molar-refractivity contribution in [3.05, 3.63) is 101 Å². The monoisotopic (exact) mass is 440 g/mol. The Morgan fingerprint density at radius 3 is 2.45 bits per heavy atom. The Balaban J connectivity index is 1.47. The van der Waals surface area contributed by atoms with E-state index < -0.39 is 12.1 Å². The molecule has 4 nitrogen and oxygen atoms in total. The fraction of sp³-hybridized carbons (Fsp3) is 0.207. The maximum atomic E-state index is 11.3. The molecule has 1 atom stereocenters. The molecule has 0 aromatic heterocycles. The van der Waals surface area contributed by atoms with Crippen LogP contribution in [0.4, 0.5) is 0 Å². The first-order valence-electron chi connectivity index (χ1n) is 11.2. The predicted molar refractivity (Wildman–Crippen MR) is 132 cm³/mol.